The lowest BCUT2D eigenvalue weighted by Gasteiger charge is -2.11. The van der Waals surface area contributed by atoms with Crippen LogP contribution in [0.4, 0.5) is 11.4 Å². The molecule has 0 aliphatic rings. The molecule has 6 heteroatoms. The third kappa shape index (κ3) is 3.22. The number of nitrogens with one attached hydrogen (secondary N) is 1. The van der Waals surface area contributed by atoms with Crippen LogP contribution in [0.1, 0.15) is 26.3 Å². The smallest absolute Gasteiger partial charge is 0.337 e. The Morgan fingerprint density at radius 1 is 1.19 bits per heavy atom. The van der Waals surface area contributed by atoms with Gasteiger partial charge in [0.05, 0.1) is 11.3 Å². The number of carbonyl (C=O) groups excluding carboxylic acids is 1. The van der Waals surface area contributed by atoms with Gasteiger partial charge in [-0.3, -0.25) is 4.79 Å². The third-order valence-corrected chi connectivity index (χ3v) is 3.89. The Kier molecular flexibility index (Phi) is 4.28. The number of hydrogen-bond donors (Lipinski definition) is 3. The van der Waals surface area contributed by atoms with E-state index in [-0.39, 0.29) is 17.2 Å². The quantitative estimate of drug-likeness (QED) is 0.742. The molecular weight excluding hydrogens is 336 g/mol. The van der Waals surface area contributed by atoms with Gasteiger partial charge in [-0.05, 0) is 42.8 Å². The van der Waals surface area contributed by atoms with E-state index in [9.17, 15) is 9.59 Å². The standard InChI is InChI=1S/C15H13BrN2O3/c1-8-10(3-2-4-12(8)16)14(19)18-13-7-9(17)5-6-11(13)15(20)21/h2-7H,17H2,1H3,(H,18,19)(H,20,21). The Hall–Kier alpha value is -2.34. The third-order valence-electron chi connectivity index (χ3n) is 3.03. The Morgan fingerprint density at radius 2 is 1.90 bits per heavy atom. The molecule has 0 fully saturated rings. The van der Waals surface area contributed by atoms with Gasteiger partial charge in [0, 0.05) is 15.7 Å². The molecule has 0 saturated carbocycles. The molecule has 0 heterocycles. The van der Waals surface area contributed by atoms with Gasteiger partial charge in [0.25, 0.3) is 5.91 Å². The highest BCUT2D eigenvalue weighted by atomic mass is 79.9. The van der Waals surface area contributed by atoms with Crippen molar-refractivity contribution in [2.24, 2.45) is 0 Å². The molecule has 21 heavy (non-hydrogen) atoms. The number of halogens is 1. The van der Waals surface area contributed by atoms with Crippen LogP contribution < -0.4 is 11.1 Å². The lowest BCUT2D eigenvalue weighted by atomic mass is 10.1. The van der Waals surface area contributed by atoms with Gasteiger partial charge in [-0.2, -0.15) is 0 Å². The van der Waals surface area contributed by atoms with Crippen LogP contribution in [0.25, 0.3) is 0 Å². The number of carboxylic acids is 1. The molecule has 0 atom stereocenters. The zero-order chi connectivity index (χ0) is 15.6. The van der Waals surface area contributed by atoms with Gasteiger partial charge in [-0.1, -0.05) is 22.0 Å². The van der Waals surface area contributed by atoms with E-state index in [0.717, 1.165) is 10.0 Å². The number of rotatable bonds is 3. The number of carbonyl (C=O) groups is 2. The van der Waals surface area contributed by atoms with Gasteiger partial charge in [-0.25, -0.2) is 4.79 Å². The molecule has 0 spiro atoms. The second-order valence-electron chi connectivity index (χ2n) is 4.48. The first-order chi connectivity index (χ1) is 9.90. The van der Waals surface area contributed by atoms with Crippen molar-refractivity contribution in [3.63, 3.8) is 0 Å². The summed E-state index contributed by atoms with van der Waals surface area (Å²) < 4.78 is 0.807. The molecule has 0 saturated heterocycles. The zero-order valence-electron chi connectivity index (χ0n) is 11.2. The summed E-state index contributed by atoms with van der Waals surface area (Å²) in [7, 11) is 0. The highest BCUT2D eigenvalue weighted by molar-refractivity contribution is 9.10. The number of nitrogen functional groups attached to an aromatic ring is 1. The molecule has 5 nitrogen and oxygen atoms in total. The van der Waals surface area contributed by atoms with Crippen LogP contribution >= 0.6 is 15.9 Å². The normalized spacial score (nSPS) is 10.2. The van der Waals surface area contributed by atoms with Crippen molar-refractivity contribution in [3.8, 4) is 0 Å². The minimum Gasteiger partial charge on any atom is -0.478 e. The maximum Gasteiger partial charge on any atom is 0.337 e. The highest BCUT2D eigenvalue weighted by Gasteiger charge is 2.15. The van der Waals surface area contributed by atoms with Crippen LogP contribution in [0.2, 0.25) is 0 Å². The number of nitrogens with two attached hydrogens (primary N) is 1. The maximum absolute atomic E-state index is 12.3. The summed E-state index contributed by atoms with van der Waals surface area (Å²) in [6, 6.07) is 9.50. The molecule has 0 bridgehead atoms. The predicted molar refractivity (Wildman–Crippen MR) is 84.6 cm³/mol. The van der Waals surface area contributed by atoms with Crippen LogP contribution in [0, 0.1) is 6.92 Å². The van der Waals surface area contributed by atoms with E-state index in [1.165, 1.54) is 18.2 Å². The summed E-state index contributed by atoms with van der Waals surface area (Å²) >= 11 is 3.35. The van der Waals surface area contributed by atoms with E-state index >= 15 is 0 Å². The van der Waals surface area contributed by atoms with Crippen molar-refractivity contribution in [1.29, 1.82) is 0 Å². The molecule has 1 amide bonds. The first kappa shape index (κ1) is 15.1. The van der Waals surface area contributed by atoms with E-state index in [4.69, 9.17) is 10.8 Å². The molecule has 0 aromatic heterocycles. The number of amides is 1. The Balaban J connectivity index is 2.38. The first-order valence-corrected chi connectivity index (χ1v) is 6.88. The second kappa shape index (κ2) is 5.97. The zero-order valence-corrected chi connectivity index (χ0v) is 12.8. The van der Waals surface area contributed by atoms with E-state index in [0.29, 0.717) is 11.3 Å². The van der Waals surface area contributed by atoms with E-state index in [1.807, 2.05) is 6.07 Å². The van der Waals surface area contributed by atoms with Crippen LogP contribution in [-0.4, -0.2) is 17.0 Å². The fraction of sp³-hybridized carbons (Fsp3) is 0.0667. The summed E-state index contributed by atoms with van der Waals surface area (Å²) in [5.41, 5.74) is 7.42. The van der Waals surface area contributed by atoms with Crippen LogP contribution in [0.15, 0.2) is 40.9 Å². The molecule has 2 rings (SSSR count). The summed E-state index contributed by atoms with van der Waals surface area (Å²) in [4.78, 5) is 23.5. The van der Waals surface area contributed by atoms with Crippen LogP contribution in [0.3, 0.4) is 0 Å². The fourth-order valence-corrected chi connectivity index (χ4v) is 2.26. The van der Waals surface area contributed by atoms with Crippen molar-refractivity contribution in [3.05, 3.63) is 57.6 Å². The van der Waals surface area contributed by atoms with Gasteiger partial charge >= 0.3 is 5.97 Å². The average Bonchev–Trinajstić information content (AvgIpc) is 2.41. The van der Waals surface area contributed by atoms with Crippen molar-refractivity contribution >= 4 is 39.2 Å². The molecule has 0 aliphatic carbocycles. The number of carboxylic acid groups (broad SMARTS) is 1. The summed E-state index contributed by atoms with van der Waals surface area (Å²) in [5, 5.41) is 11.7. The van der Waals surface area contributed by atoms with Crippen molar-refractivity contribution in [1.82, 2.24) is 0 Å². The minimum absolute atomic E-state index is 0.00907. The van der Waals surface area contributed by atoms with E-state index in [1.54, 1.807) is 19.1 Å². The fourth-order valence-electron chi connectivity index (χ4n) is 1.89. The van der Waals surface area contributed by atoms with Crippen LogP contribution in [0.5, 0.6) is 0 Å². The predicted octanol–water partition coefficient (Wildman–Crippen LogP) is 3.29. The average molecular weight is 349 g/mol. The molecule has 0 radical (unpaired) electrons. The molecule has 0 unspecified atom stereocenters. The Morgan fingerprint density at radius 3 is 2.57 bits per heavy atom. The molecule has 0 aliphatic heterocycles. The van der Waals surface area contributed by atoms with Gasteiger partial charge in [-0.15, -0.1) is 0 Å². The minimum atomic E-state index is -1.13. The number of aromatic carboxylic acids is 1. The van der Waals surface area contributed by atoms with Crippen LogP contribution in [-0.2, 0) is 0 Å². The lowest BCUT2D eigenvalue weighted by molar-refractivity contribution is 0.0698. The van der Waals surface area contributed by atoms with Crippen molar-refractivity contribution < 1.29 is 14.7 Å². The monoisotopic (exact) mass is 348 g/mol. The van der Waals surface area contributed by atoms with E-state index in [2.05, 4.69) is 21.2 Å². The first-order valence-electron chi connectivity index (χ1n) is 6.09. The number of benzene rings is 2. The Bertz CT molecular complexity index is 729. The van der Waals surface area contributed by atoms with Gasteiger partial charge in [0.15, 0.2) is 0 Å². The molecule has 4 N–H and O–H groups in total. The highest BCUT2D eigenvalue weighted by Crippen LogP contribution is 2.23. The maximum atomic E-state index is 12.3. The molecule has 2 aromatic carbocycles. The number of hydrogen-bond acceptors (Lipinski definition) is 3. The summed E-state index contributed by atoms with van der Waals surface area (Å²) in [5.74, 6) is -1.52. The summed E-state index contributed by atoms with van der Waals surface area (Å²) in [6.45, 7) is 1.80. The molecule has 2 aromatic rings. The Labute approximate surface area is 129 Å². The molecular formula is C15H13BrN2O3. The van der Waals surface area contributed by atoms with Crippen molar-refractivity contribution in [2.45, 2.75) is 6.92 Å². The SMILES string of the molecule is Cc1c(Br)cccc1C(=O)Nc1cc(N)ccc1C(=O)O. The van der Waals surface area contributed by atoms with Gasteiger partial charge in [0.2, 0.25) is 0 Å². The topological polar surface area (TPSA) is 92.4 Å². The van der Waals surface area contributed by atoms with Gasteiger partial charge in [0.1, 0.15) is 0 Å². The largest absolute Gasteiger partial charge is 0.478 e. The second-order valence-corrected chi connectivity index (χ2v) is 5.33. The number of anilines is 2. The summed E-state index contributed by atoms with van der Waals surface area (Å²) in [6.07, 6.45) is 0. The van der Waals surface area contributed by atoms with E-state index < -0.39 is 5.97 Å². The van der Waals surface area contributed by atoms with Crippen molar-refractivity contribution in [2.75, 3.05) is 11.1 Å². The van der Waals surface area contributed by atoms with Gasteiger partial charge < -0.3 is 16.2 Å². The molecule has 108 valence electrons. The lowest BCUT2D eigenvalue weighted by Crippen LogP contribution is -2.16.